The highest BCUT2D eigenvalue weighted by Gasteiger charge is 2.46. The first-order valence-electron chi connectivity index (χ1n) is 11.8. The van der Waals surface area contributed by atoms with Gasteiger partial charge >= 0.3 is 0 Å². The number of carbonyl (C=O) groups is 1. The highest BCUT2D eigenvalue weighted by atomic mass is 32.2. The summed E-state index contributed by atoms with van der Waals surface area (Å²) in [6.45, 7) is 3.93. The second kappa shape index (κ2) is 10.3. The van der Waals surface area contributed by atoms with Crippen molar-refractivity contribution in [2.24, 2.45) is 17.6 Å². The molecule has 0 aromatic carbocycles. The number of carbonyl (C=O) groups excluding carboxylic acids is 1. The summed E-state index contributed by atoms with van der Waals surface area (Å²) in [5.74, 6) is -2.27. The standard InChI is InChI=1S/C24H29FN6O4S/c1-3-35-21-14-27-13-20(30-21)16-5-9-19(22(26)32)24(25,12-16)15(2)4-6-17-10-11-28-23(29-17)31-36(33,34)18-7-8-18/h5,9-15,18-19H,3-4,6-8H2,1-2H3,(H2,26,32)(H,28,29,31). The van der Waals surface area contributed by atoms with E-state index in [1.807, 2.05) is 6.92 Å². The lowest BCUT2D eigenvalue weighted by Crippen LogP contribution is -2.45. The number of nitrogens with one attached hydrogen (secondary N) is 1. The van der Waals surface area contributed by atoms with Crippen LogP contribution in [0.25, 0.3) is 5.57 Å². The molecule has 0 radical (unpaired) electrons. The van der Waals surface area contributed by atoms with E-state index in [-0.39, 0.29) is 5.95 Å². The van der Waals surface area contributed by atoms with Gasteiger partial charge in [-0.15, -0.1) is 0 Å². The quantitative estimate of drug-likeness (QED) is 0.463. The van der Waals surface area contributed by atoms with E-state index < -0.39 is 38.7 Å². The van der Waals surface area contributed by atoms with Crippen molar-refractivity contribution < 1.29 is 22.3 Å². The average molecular weight is 517 g/mol. The fourth-order valence-electron chi connectivity index (χ4n) is 4.11. The summed E-state index contributed by atoms with van der Waals surface area (Å²) in [6.07, 6.45) is 10.8. The van der Waals surface area contributed by atoms with Crippen LogP contribution in [0.3, 0.4) is 0 Å². The Labute approximate surface area is 209 Å². The van der Waals surface area contributed by atoms with Crippen LogP contribution in [0.5, 0.6) is 5.88 Å². The van der Waals surface area contributed by atoms with Crippen molar-refractivity contribution >= 4 is 27.5 Å². The van der Waals surface area contributed by atoms with Gasteiger partial charge in [0.05, 0.1) is 35.9 Å². The van der Waals surface area contributed by atoms with Gasteiger partial charge in [-0.2, -0.15) is 0 Å². The molecular formula is C24H29FN6O4S. The number of amides is 1. The summed E-state index contributed by atoms with van der Waals surface area (Å²) in [4.78, 5) is 28.9. The maximum absolute atomic E-state index is 16.5. The first kappa shape index (κ1) is 25.7. The van der Waals surface area contributed by atoms with E-state index in [1.54, 1.807) is 19.1 Å². The molecule has 2 aromatic heterocycles. The molecule has 12 heteroatoms. The minimum atomic E-state index is -3.49. The highest BCUT2D eigenvalue weighted by molar-refractivity contribution is 7.93. The van der Waals surface area contributed by atoms with Crippen molar-refractivity contribution in [1.82, 2.24) is 19.9 Å². The van der Waals surface area contributed by atoms with Gasteiger partial charge in [-0.25, -0.2) is 27.8 Å². The van der Waals surface area contributed by atoms with Crippen LogP contribution in [0.15, 0.2) is 42.9 Å². The second-order valence-electron chi connectivity index (χ2n) is 9.00. The zero-order chi connectivity index (χ0) is 25.9. The van der Waals surface area contributed by atoms with Crippen LogP contribution < -0.4 is 15.2 Å². The Morgan fingerprint density at radius 3 is 2.81 bits per heavy atom. The molecular weight excluding hydrogens is 487 g/mol. The SMILES string of the molecule is CCOc1cncc(C2=CC(F)(C(C)CCc3ccnc(NS(=O)(=O)C4CC4)n3)C(C(N)=O)C=C2)n1. The Balaban J connectivity index is 1.52. The van der Waals surface area contributed by atoms with Crippen molar-refractivity contribution in [1.29, 1.82) is 0 Å². The van der Waals surface area contributed by atoms with E-state index in [1.165, 1.54) is 30.7 Å². The van der Waals surface area contributed by atoms with E-state index in [0.29, 0.717) is 55.1 Å². The molecule has 10 nitrogen and oxygen atoms in total. The predicted molar refractivity (Wildman–Crippen MR) is 132 cm³/mol. The molecule has 36 heavy (non-hydrogen) atoms. The summed E-state index contributed by atoms with van der Waals surface area (Å²) in [6, 6.07) is 1.65. The molecule has 0 aliphatic heterocycles. The van der Waals surface area contributed by atoms with Crippen LogP contribution in [-0.2, 0) is 21.2 Å². The van der Waals surface area contributed by atoms with Gasteiger partial charge in [-0.3, -0.25) is 14.5 Å². The number of hydrogen-bond acceptors (Lipinski definition) is 8. The summed E-state index contributed by atoms with van der Waals surface area (Å²) in [5, 5.41) is -0.402. The van der Waals surface area contributed by atoms with Crippen LogP contribution in [0.2, 0.25) is 0 Å². The topological polar surface area (TPSA) is 150 Å². The molecule has 0 saturated heterocycles. The normalized spacial score (nSPS) is 22.5. The molecule has 2 aliphatic carbocycles. The van der Waals surface area contributed by atoms with Crippen LogP contribution in [0.1, 0.15) is 44.5 Å². The number of primary amides is 1. The van der Waals surface area contributed by atoms with Gasteiger partial charge in [0.1, 0.15) is 5.67 Å². The highest BCUT2D eigenvalue weighted by Crippen LogP contribution is 2.41. The van der Waals surface area contributed by atoms with E-state index in [4.69, 9.17) is 10.5 Å². The summed E-state index contributed by atoms with van der Waals surface area (Å²) in [5.41, 5.74) is 4.90. The first-order valence-corrected chi connectivity index (χ1v) is 13.3. The number of rotatable bonds is 11. The third kappa shape index (κ3) is 5.69. The Bertz CT molecular complexity index is 1300. The molecule has 0 bridgehead atoms. The van der Waals surface area contributed by atoms with Crippen molar-refractivity contribution in [3.8, 4) is 5.88 Å². The van der Waals surface area contributed by atoms with Gasteiger partial charge in [0, 0.05) is 17.5 Å². The first-order chi connectivity index (χ1) is 17.1. The molecule has 1 fully saturated rings. The van der Waals surface area contributed by atoms with E-state index in [0.717, 1.165) is 0 Å². The van der Waals surface area contributed by atoms with Gasteiger partial charge in [0.2, 0.25) is 27.8 Å². The number of sulfonamides is 1. The molecule has 1 saturated carbocycles. The zero-order valence-electron chi connectivity index (χ0n) is 20.1. The number of halogens is 1. The Morgan fingerprint density at radius 1 is 1.33 bits per heavy atom. The van der Waals surface area contributed by atoms with Gasteiger partial charge < -0.3 is 10.5 Å². The van der Waals surface area contributed by atoms with Crippen LogP contribution in [0.4, 0.5) is 10.3 Å². The zero-order valence-corrected chi connectivity index (χ0v) is 20.9. The Morgan fingerprint density at radius 2 is 2.11 bits per heavy atom. The number of allylic oxidation sites excluding steroid dienone is 3. The van der Waals surface area contributed by atoms with Crippen molar-refractivity contribution in [3.63, 3.8) is 0 Å². The predicted octanol–water partition coefficient (Wildman–Crippen LogP) is 2.60. The van der Waals surface area contributed by atoms with Crippen molar-refractivity contribution in [3.05, 3.63) is 54.3 Å². The summed E-state index contributed by atoms with van der Waals surface area (Å²) >= 11 is 0. The summed E-state index contributed by atoms with van der Waals surface area (Å²) in [7, 11) is -3.49. The molecule has 2 aromatic rings. The van der Waals surface area contributed by atoms with Gasteiger partial charge in [-0.1, -0.05) is 19.1 Å². The minimum Gasteiger partial charge on any atom is -0.477 e. The largest absolute Gasteiger partial charge is 0.477 e. The number of alkyl halides is 1. The third-order valence-electron chi connectivity index (χ3n) is 6.33. The average Bonchev–Trinajstić information content (AvgIpc) is 3.69. The molecule has 3 unspecified atom stereocenters. The fourth-order valence-corrected chi connectivity index (χ4v) is 5.38. The third-order valence-corrected chi connectivity index (χ3v) is 8.14. The number of ether oxygens (including phenoxy) is 1. The molecule has 2 heterocycles. The van der Waals surface area contributed by atoms with Crippen LogP contribution in [0, 0.1) is 11.8 Å². The van der Waals surface area contributed by atoms with Crippen molar-refractivity contribution in [2.75, 3.05) is 11.3 Å². The van der Waals surface area contributed by atoms with E-state index >= 15 is 4.39 Å². The van der Waals surface area contributed by atoms with Crippen molar-refractivity contribution in [2.45, 2.75) is 50.4 Å². The molecule has 3 N–H and O–H groups in total. The van der Waals surface area contributed by atoms with E-state index in [9.17, 15) is 13.2 Å². The number of hydrogen-bond donors (Lipinski definition) is 2. The van der Waals surface area contributed by atoms with Gasteiger partial charge in [-0.05, 0) is 50.7 Å². The van der Waals surface area contributed by atoms with E-state index in [2.05, 4.69) is 24.7 Å². The fraction of sp³-hybridized carbons (Fsp3) is 0.458. The van der Waals surface area contributed by atoms with Crippen LogP contribution >= 0.6 is 0 Å². The molecule has 192 valence electrons. The molecule has 3 atom stereocenters. The summed E-state index contributed by atoms with van der Waals surface area (Å²) < 4.78 is 48.7. The van der Waals surface area contributed by atoms with Crippen LogP contribution in [-0.4, -0.2) is 51.8 Å². The Kier molecular flexibility index (Phi) is 7.34. The number of aromatic nitrogens is 4. The molecule has 1 amide bonds. The maximum atomic E-state index is 16.5. The number of nitrogens with zero attached hydrogens (tertiary/aromatic N) is 4. The number of nitrogens with two attached hydrogens (primary N) is 1. The molecule has 0 spiro atoms. The second-order valence-corrected chi connectivity index (χ2v) is 11.0. The lowest BCUT2D eigenvalue weighted by atomic mass is 9.73. The maximum Gasteiger partial charge on any atom is 0.237 e. The van der Waals surface area contributed by atoms with Gasteiger partial charge in [0.25, 0.3) is 0 Å². The lowest BCUT2D eigenvalue weighted by Gasteiger charge is -2.36. The minimum absolute atomic E-state index is 0.00689. The molecule has 4 rings (SSSR count). The monoisotopic (exact) mass is 516 g/mol. The lowest BCUT2D eigenvalue weighted by molar-refractivity contribution is -0.124. The van der Waals surface area contributed by atoms with Gasteiger partial charge in [0.15, 0.2) is 0 Å². The number of anilines is 1. The Hall–Kier alpha value is -3.41. The smallest absolute Gasteiger partial charge is 0.237 e. The number of aryl methyl sites for hydroxylation is 1. The molecule has 2 aliphatic rings.